The van der Waals surface area contributed by atoms with E-state index in [1.165, 1.54) is 0 Å². The molecule has 156 valence electrons. The van der Waals surface area contributed by atoms with Gasteiger partial charge in [-0.2, -0.15) is 5.10 Å². The van der Waals surface area contributed by atoms with Crippen LogP contribution in [0.2, 0.25) is 15.1 Å². The number of hydrogen-bond acceptors (Lipinski definition) is 3. The third kappa shape index (κ3) is 4.08. The van der Waals surface area contributed by atoms with Gasteiger partial charge >= 0.3 is 0 Å². The summed E-state index contributed by atoms with van der Waals surface area (Å²) in [6.45, 7) is 1.61. The van der Waals surface area contributed by atoms with Crippen LogP contribution in [-0.4, -0.2) is 28.8 Å². The third-order valence-electron chi connectivity index (χ3n) is 5.60. The Hall–Kier alpha value is -2.05. The number of benzene rings is 2. The molecule has 0 unspecified atom stereocenters. The normalized spacial score (nSPS) is 15.7. The molecular weight excluding hydrogens is 443 g/mol. The summed E-state index contributed by atoms with van der Waals surface area (Å²) in [5.74, 6) is -0.134. The van der Waals surface area contributed by atoms with Gasteiger partial charge in [0.15, 0.2) is 0 Å². The van der Waals surface area contributed by atoms with Crippen molar-refractivity contribution in [3.8, 4) is 11.3 Å². The molecule has 2 aromatic carbocycles. The van der Waals surface area contributed by atoms with Crippen LogP contribution in [0.25, 0.3) is 11.3 Å². The predicted octanol–water partition coefficient (Wildman–Crippen LogP) is 5.06. The Balaban J connectivity index is 1.61. The number of carbonyl (C=O) groups excluding carboxylic acids is 1. The average Bonchev–Trinajstić information content (AvgIpc) is 3.09. The van der Waals surface area contributed by atoms with E-state index in [1.54, 1.807) is 29.1 Å². The van der Waals surface area contributed by atoms with Crippen molar-refractivity contribution in [2.75, 3.05) is 13.1 Å². The van der Waals surface area contributed by atoms with Gasteiger partial charge in [-0.05, 0) is 55.8 Å². The first kappa shape index (κ1) is 21.2. The maximum Gasteiger partial charge on any atom is 0.251 e. The second kappa shape index (κ2) is 8.60. The highest BCUT2D eigenvalue weighted by Crippen LogP contribution is 2.35. The van der Waals surface area contributed by atoms with Crippen molar-refractivity contribution in [3.05, 3.63) is 74.9 Å². The monoisotopic (exact) mass is 462 g/mol. The molecule has 30 heavy (non-hydrogen) atoms. The molecule has 1 aromatic heterocycles. The van der Waals surface area contributed by atoms with Gasteiger partial charge < -0.3 is 10.6 Å². The zero-order chi connectivity index (χ0) is 21.3. The van der Waals surface area contributed by atoms with Crippen molar-refractivity contribution in [2.45, 2.75) is 18.4 Å². The van der Waals surface area contributed by atoms with Crippen molar-refractivity contribution >= 4 is 40.7 Å². The average molecular weight is 464 g/mol. The van der Waals surface area contributed by atoms with Crippen LogP contribution < -0.4 is 10.6 Å². The Labute approximate surface area is 190 Å². The van der Waals surface area contributed by atoms with Crippen LogP contribution >= 0.6 is 34.8 Å². The van der Waals surface area contributed by atoms with E-state index < -0.39 is 5.54 Å². The first-order valence-corrected chi connectivity index (χ1v) is 10.8. The zero-order valence-corrected chi connectivity index (χ0v) is 18.7. The summed E-state index contributed by atoms with van der Waals surface area (Å²) in [6, 6.07) is 12.9. The minimum absolute atomic E-state index is 0.134. The van der Waals surface area contributed by atoms with Crippen LogP contribution in [0.1, 0.15) is 28.8 Å². The molecule has 0 atom stereocenters. The molecule has 0 radical (unpaired) electrons. The lowest BCUT2D eigenvalue weighted by Gasteiger charge is -2.39. The zero-order valence-electron chi connectivity index (χ0n) is 16.4. The number of piperidine rings is 1. The molecule has 2 heterocycles. The van der Waals surface area contributed by atoms with Crippen LogP contribution in [0.4, 0.5) is 0 Å². The Morgan fingerprint density at radius 2 is 1.73 bits per heavy atom. The highest BCUT2D eigenvalue weighted by molar-refractivity contribution is 6.42. The van der Waals surface area contributed by atoms with Crippen molar-refractivity contribution in [1.82, 2.24) is 20.4 Å². The lowest BCUT2D eigenvalue weighted by molar-refractivity contribution is 0.0872. The maximum atomic E-state index is 13.1. The first-order chi connectivity index (χ1) is 14.4. The van der Waals surface area contributed by atoms with E-state index in [0.717, 1.165) is 42.8 Å². The SMILES string of the molecule is Cn1ncc(Cl)c1-c1ccc(C(=O)NC2(c3ccc(Cl)c(Cl)c3)CCNCC2)cc1. The summed E-state index contributed by atoms with van der Waals surface area (Å²) >= 11 is 18.6. The van der Waals surface area contributed by atoms with E-state index >= 15 is 0 Å². The minimum atomic E-state index is -0.499. The summed E-state index contributed by atoms with van der Waals surface area (Å²) in [4.78, 5) is 13.1. The Morgan fingerprint density at radius 1 is 1.03 bits per heavy atom. The fraction of sp³-hybridized carbons (Fsp3) is 0.273. The fourth-order valence-electron chi connectivity index (χ4n) is 3.94. The number of halogens is 3. The predicted molar refractivity (Wildman–Crippen MR) is 121 cm³/mol. The molecule has 0 spiro atoms. The van der Waals surface area contributed by atoms with Crippen LogP contribution in [0.5, 0.6) is 0 Å². The Morgan fingerprint density at radius 3 is 2.33 bits per heavy atom. The van der Waals surface area contributed by atoms with Gasteiger partial charge in [0.05, 0.1) is 32.5 Å². The molecule has 1 aliphatic heterocycles. The summed E-state index contributed by atoms with van der Waals surface area (Å²) in [5.41, 5.74) is 2.76. The number of rotatable bonds is 4. The summed E-state index contributed by atoms with van der Waals surface area (Å²) in [5, 5.41) is 12.3. The molecule has 2 N–H and O–H groups in total. The second-order valence-electron chi connectivity index (χ2n) is 7.46. The van der Waals surface area contributed by atoms with Gasteiger partial charge in [0.1, 0.15) is 0 Å². The molecule has 1 saturated heterocycles. The van der Waals surface area contributed by atoms with Crippen LogP contribution in [0.3, 0.4) is 0 Å². The second-order valence-corrected chi connectivity index (χ2v) is 8.68. The van der Waals surface area contributed by atoms with Gasteiger partial charge in [-0.1, -0.05) is 53.0 Å². The molecule has 1 aliphatic rings. The highest BCUT2D eigenvalue weighted by atomic mass is 35.5. The minimum Gasteiger partial charge on any atom is -0.342 e. The van der Waals surface area contributed by atoms with Crippen molar-refractivity contribution in [2.24, 2.45) is 7.05 Å². The van der Waals surface area contributed by atoms with Crippen LogP contribution in [0, 0.1) is 0 Å². The topological polar surface area (TPSA) is 59.0 Å². The number of aryl methyl sites for hydroxylation is 1. The molecule has 1 amide bonds. The quantitative estimate of drug-likeness (QED) is 0.569. The van der Waals surface area contributed by atoms with Crippen molar-refractivity contribution < 1.29 is 4.79 Å². The standard InChI is InChI=1S/C22H21Cl3N4O/c1-29-20(19(25)13-27-29)14-2-4-15(5-3-14)21(30)28-22(8-10-26-11-9-22)16-6-7-17(23)18(24)12-16/h2-7,12-13,26H,8-11H2,1H3,(H,28,30). The van der Waals surface area contributed by atoms with Crippen LogP contribution in [0.15, 0.2) is 48.7 Å². The van der Waals surface area contributed by atoms with E-state index in [9.17, 15) is 4.79 Å². The number of nitrogens with one attached hydrogen (secondary N) is 2. The molecule has 0 aliphatic carbocycles. The van der Waals surface area contributed by atoms with Gasteiger partial charge in [0.2, 0.25) is 0 Å². The molecular formula is C22H21Cl3N4O. The summed E-state index contributed by atoms with van der Waals surface area (Å²) < 4.78 is 1.71. The number of amides is 1. The molecule has 8 heteroatoms. The molecule has 4 rings (SSSR count). The van der Waals surface area contributed by atoms with E-state index in [1.807, 2.05) is 31.3 Å². The van der Waals surface area contributed by atoms with Gasteiger partial charge in [0.25, 0.3) is 5.91 Å². The van der Waals surface area contributed by atoms with E-state index in [-0.39, 0.29) is 5.91 Å². The smallest absolute Gasteiger partial charge is 0.251 e. The maximum absolute atomic E-state index is 13.1. The van der Waals surface area contributed by atoms with Gasteiger partial charge in [-0.15, -0.1) is 0 Å². The molecule has 3 aromatic rings. The van der Waals surface area contributed by atoms with Crippen molar-refractivity contribution in [3.63, 3.8) is 0 Å². The Kier molecular flexibility index (Phi) is 6.07. The van der Waals surface area contributed by atoms with Gasteiger partial charge in [-0.25, -0.2) is 0 Å². The van der Waals surface area contributed by atoms with E-state index in [2.05, 4.69) is 15.7 Å². The molecule has 1 fully saturated rings. The largest absolute Gasteiger partial charge is 0.342 e. The number of aromatic nitrogens is 2. The first-order valence-electron chi connectivity index (χ1n) is 9.66. The molecule has 5 nitrogen and oxygen atoms in total. The van der Waals surface area contributed by atoms with Gasteiger partial charge in [-0.3, -0.25) is 9.48 Å². The fourth-order valence-corrected chi connectivity index (χ4v) is 4.51. The van der Waals surface area contributed by atoms with Crippen molar-refractivity contribution in [1.29, 1.82) is 0 Å². The molecule has 0 bridgehead atoms. The number of hydrogen-bond donors (Lipinski definition) is 2. The van der Waals surface area contributed by atoms with Crippen LogP contribution in [-0.2, 0) is 12.6 Å². The lowest BCUT2D eigenvalue weighted by atomic mass is 9.81. The number of nitrogens with zero attached hydrogens (tertiary/aromatic N) is 2. The van der Waals surface area contributed by atoms with E-state index in [0.29, 0.717) is 20.6 Å². The number of carbonyl (C=O) groups is 1. The Bertz CT molecular complexity index is 1050. The van der Waals surface area contributed by atoms with Gasteiger partial charge in [0, 0.05) is 18.2 Å². The summed E-state index contributed by atoms with van der Waals surface area (Å²) in [6.07, 6.45) is 3.13. The highest BCUT2D eigenvalue weighted by Gasteiger charge is 2.36. The summed E-state index contributed by atoms with van der Waals surface area (Å²) in [7, 11) is 1.83. The lowest BCUT2D eigenvalue weighted by Crippen LogP contribution is -2.52. The molecule has 0 saturated carbocycles. The van der Waals surface area contributed by atoms with E-state index in [4.69, 9.17) is 34.8 Å². The third-order valence-corrected chi connectivity index (χ3v) is 6.61.